The fourth-order valence-electron chi connectivity index (χ4n) is 2.87. The van der Waals surface area contributed by atoms with Crippen LogP contribution in [0, 0.1) is 6.92 Å². The highest BCUT2D eigenvalue weighted by Crippen LogP contribution is 2.27. The van der Waals surface area contributed by atoms with Gasteiger partial charge in [0.2, 0.25) is 5.91 Å². The minimum Gasteiger partial charge on any atom is -0.497 e. The van der Waals surface area contributed by atoms with Gasteiger partial charge in [0.15, 0.2) is 0 Å². The Labute approximate surface area is 152 Å². The van der Waals surface area contributed by atoms with Crippen molar-refractivity contribution >= 4 is 17.6 Å². The highest BCUT2D eigenvalue weighted by molar-refractivity contribution is 6.01. The van der Waals surface area contributed by atoms with Gasteiger partial charge in [-0.15, -0.1) is 0 Å². The summed E-state index contributed by atoms with van der Waals surface area (Å²) in [7, 11) is 3.22. The monoisotopic (exact) mass is 357 g/mol. The first-order chi connectivity index (χ1) is 12.3. The van der Waals surface area contributed by atoms with Crippen molar-refractivity contribution in [2.45, 2.75) is 26.7 Å². The highest BCUT2D eigenvalue weighted by Gasteiger charge is 2.16. The number of benzene rings is 2. The summed E-state index contributed by atoms with van der Waals surface area (Å²) >= 11 is 0. The molecule has 1 amide bonds. The average molecular weight is 357 g/mol. The lowest BCUT2D eigenvalue weighted by molar-refractivity contribution is -0.114. The molecular formula is C20H23NO5. The maximum atomic E-state index is 11.6. The van der Waals surface area contributed by atoms with Crippen LogP contribution >= 0.6 is 0 Å². The lowest BCUT2D eigenvalue weighted by Gasteiger charge is -2.14. The molecule has 0 bridgehead atoms. The average Bonchev–Trinajstić information content (AvgIpc) is 2.60. The summed E-state index contributed by atoms with van der Waals surface area (Å²) in [5.41, 5.74) is 3.00. The van der Waals surface area contributed by atoms with Crippen LogP contribution in [0.15, 0.2) is 30.3 Å². The number of amides is 1. The molecule has 0 aromatic heterocycles. The van der Waals surface area contributed by atoms with E-state index in [2.05, 4.69) is 5.32 Å². The summed E-state index contributed by atoms with van der Waals surface area (Å²) in [6.07, 6.45) is 1.29. The van der Waals surface area contributed by atoms with Crippen molar-refractivity contribution < 1.29 is 24.2 Å². The predicted octanol–water partition coefficient (Wildman–Crippen LogP) is 3.45. The molecule has 26 heavy (non-hydrogen) atoms. The third-order valence-corrected chi connectivity index (χ3v) is 4.10. The topological polar surface area (TPSA) is 84.9 Å². The molecule has 0 atom stereocenters. The number of carbonyl (C=O) groups excluding carboxylic acids is 1. The number of rotatable bonds is 7. The fraction of sp³-hybridized carbons (Fsp3) is 0.300. The lowest BCUT2D eigenvalue weighted by atomic mass is 9.98. The number of hydrogen-bond acceptors (Lipinski definition) is 4. The summed E-state index contributed by atoms with van der Waals surface area (Å²) in [5.74, 6) is 0.127. The first kappa shape index (κ1) is 19.3. The van der Waals surface area contributed by atoms with E-state index < -0.39 is 5.97 Å². The van der Waals surface area contributed by atoms with E-state index in [1.165, 1.54) is 6.92 Å². The first-order valence-corrected chi connectivity index (χ1v) is 8.21. The lowest BCUT2D eigenvalue weighted by Crippen LogP contribution is -2.13. The number of carboxylic acids is 1. The van der Waals surface area contributed by atoms with Crippen molar-refractivity contribution in [2.75, 3.05) is 19.5 Å². The Hall–Kier alpha value is -3.02. The number of hydrogen-bond donors (Lipinski definition) is 2. The summed E-state index contributed by atoms with van der Waals surface area (Å²) in [5, 5.41) is 12.1. The van der Waals surface area contributed by atoms with Crippen LogP contribution in [-0.4, -0.2) is 31.2 Å². The van der Waals surface area contributed by atoms with Crippen molar-refractivity contribution in [3.63, 3.8) is 0 Å². The molecule has 0 fully saturated rings. The zero-order valence-electron chi connectivity index (χ0n) is 15.4. The van der Waals surface area contributed by atoms with Gasteiger partial charge in [-0.05, 0) is 60.7 Å². The van der Waals surface area contributed by atoms with Gasteiger partial charge in [0.1, 0.15) is 11.5 Å². The van der Waals surface area contributed by atoms with Gasteiger partial charge < -0.3 is 19.9 Å². The minimum absolute atomic E-state index is 0.0906. The second-order valence-electron chi connectivity index (χ2n) is 6.00. The van der Waals surface area contributed by atoms with Gasteiger partial charge in [-0.1, -0.05) is 6.07 Å². The smallest absolute Gasteiger partial charge is 0.337 e. The molecule has 2 aromatic carbocycles. The Kier molecular flexibility index (Phi) is 6.22. The van der Waals surface area contributed by atoms with Gasteiger partial charge in [0.25, 0.3) is 0 Å². The molecule has 0 unspecified atom stereocenters. The zero-order valence-corrected chi connectivity index (χ0v) is 15.4. The van der Waals surface area contributed by atoms with E-state index in [-0.39, 0.29) is 11.5 Å². The highest BCUT2D eigenvalue weighted by atomic mass is 16.5. The first-order valence-electron chi connectivity index (χ1n) is 8.21. The largest absolute Gasteiger partial charge is 0.497 e. The maximum absolute atomic E-state index is 11.6. The number of aryl methyl sites for hydroxylation is 3. The molecule has 6 nitrogen and oxygen atoms in total. The van der Waals surface area contributed by atoms with Crippen molar-refractivity contribution in [3.8, 4) is 11.5 Å². The van der Waals surface area contributed by atoms with E-state index >= 15 is 0 Å². The normalized spacial score (nSPS) is 10.3. The number of anilines is 1. The Morgan fingerprint density at radius 3 is 2.38 bits per heavy atom. The molecule has 0 radical (unpaired) electrons. The van der Waals surface area contributed by atoms with Crippen molar-refractivity contribution in [2.24, 2.45) is 0 Å². The Morgan fingerprint density at radius 2 is 1.81 bits per heavy atom. The van der Waals surface area contributed by atoms with Crippen LogP contribution in [0.5, 0.6) is 11.5 Å². The summed E-state index contributed by atoms with van der Waals surface area (Å²) < 4.78 is 10.6. The number of nitrogens with one attached hydrogen (secondary N) is 1. The van der Waals surface area contributed by atoms with Crippen LogP contribution in [-0.2, 0) is 17.6 Å². The van der Waals surface area contributed by atoms with Crippen LogP contribution in [0.2, 0.25) is 0 Å². The van der Waals surface area contributed by atoms with E-state index in [0.717, 1.165) is 22.6 Å². The number of methoxy groups -OCH3 is 2. The second-order valence-corrected chi connectivity index (χ2v) is 6.00. The van der Waals surface area contributed by atoms with E-state index in [1.807, 2.05) is 24.3 Å². The molecule has 0 spiro atoms. The number of ether oxygens (including phenoxy) is 2. The van der Waals surface area contributed by atoms with E-state index in [9.17, 15) is 14.7 Å². The van der Waals surface area contributed by atoms with Crippen LogP contribution in [0.3, 0.4) is 0 Å². The molecule has 138 valence electrons. The molecule has 2 aromatic rings. The Balaban J connectivity index is 2.30. The molecule has 0 heterocycles. The molecule has 2 N–H and O–H groups in total. The predicted molar refractivity (Wildman–Crippen MR) is 99.4 cm³/mol. The second kappa shape index (κ2) is 8.38. The molecule has 0 aliphatic rings. The molecule has 0 aliphatic carbocycles. The van der Waals surface area contributed by atoms with E-state index in [1.54, 1.807) is 27.2 Å². The molecule has 6 heteroatoms. The maximum Gasteiger partial charge on any atom is 0.337 e. The Bertz CT molecular complexity index is 829. The molecule has 0 aliphatic heterocycles. The van der Waals surface area contributed by atoms with Gasteiger partial charge in [0, 0.05) is 6.92 Å². The number of carbonyl (C=O) groups is 2. The minimum atomic E-state index is -1.07. The van der Waals surface area contributed by atoms with E-state index in [0.29, 0.717) is 24.1 Å². The van der Waals surface area contributed by atoms with Gasteiger partial charge in [0.05, 0.1) is 25.5 Å². The van der Waals surface area contributed by atoms with Gasteiger partial charge in [-0.25, -0.2) is 4.79 Å². The standard InChI is InChI=1S/C20H23NO5/c1-12-9-14(10-17(20(23)24)19(12)21-13(2)22)5-6-15-11-16(25-3)7-8-18(15)26-4/h7-11H,5-6H2,1-4H3,(H,21,22)(H,23,24). The van der Waals surface area contributed by atoms with E-state index in [4.69, 9.17) is 9.47 Å². The van der Waals surface area contributed by atoms with Crippen LogP contribution in [0.1, 0.15) is 34.0 Å². The zero-order chi connectivity index (χ0) is 19.3. The molecule has 2 rings (SSSR count). The van der Waals surface area contributed by atoms with Gasteiger partial charge >= 0.3 is 5.97 Å². The number of aromatic carboxylic acids is 1. The van der Waals surface area contributed by atoms with Crippen molar-refractivity contribution in [1.29, 1.82) is 0 Å². The summed E-state index contributed by atoms with van der Waals surface area (Å²) in [6.45, 7) is 3.14. The van der Waals surface area contributed by atoms with Crippen molar-refractivity contribution in [3.05, 3.63) is 52.6 Å². The van der Waals surface area contributed by atoms with Crippen LogP contribution in [0.4, 0.5) is 5.69 Å². The SMILES string of the molecule is COc1ccc(OC)c(CCc2cc(C)c(NC(C)=O)c(C(=O)O)c2)c1. The number of carboxylic acid groups (broad SMARTS) is 1. The van der Waals surface area contributed by atoms with Crippen LogP contribution < -0.4 is 14.8 Å². The third kappa shape index (κ3) is 4.53. The quantitative estimate of drug-likeness (QED) is 0.793. The summed E-state index contributed by atoms with van der Waals surface area (Å²) in [6, 6.07) is 9.09. The molecule has 0 saturated heterocycles. The fourth-order valence-corrected chi connectivity index (χ4v) is 2.87. The van der Waals surface area contributed by atoms with Gasteiger partial charge in [-0.3, -0.25) is 4.79 Å². The molecule has 0 saturated carbocycles. The van der Waals surface area contributed by atoms with Crippen LogP contribution in [0.25, 0.3) is 0 Å². The van der Waals surface area contributed by atoms with Crippen molar-refractivity contribution in [1.82, 2.24) is 0 Å². The Morgan fingerprint density at radius 1 is 1.08 bits per heavy atom. The van der Waals surface area contributed by atoms with Gasteiger partial charge in [-0.2, -0.15) is 0 Å². The molecular weight excluding hydrogens is 334 g/mol. The third-order valence-electron chi connectivity index (χ3n) is 4.10. The summed E-state index contributed by atoms with van der Waals surface area (Å²) in [4.78, 5) is 22.9.